The SMILES string of the molecule is Cc1ccc(C(=O)Nc2ccc(C)c(NC(=O)C=Cc3cccnc3)c2)cc1Cl. The smallest absolute Gasteiger partial charge is 0.255 e. The molecule has 146 valence electrons. The normalized spacial score (nSPS) is 10.7. The van der Waals surface area contributed by atoms with Crippen molar-refractivity contribution in [1.82, 2.24) is 4.98 Å². The number of hydrogen-bond acceptors (Lipinski definition) is 3. The third kappa shape index (κ3) is 5.53. The number of benzene rings is 2. The van der Waals surface area contributed by atoms with Crippen molar-refractivity contribution in [3.8, 4) is 0 Å². The van der Waals surface area contributed by atoms with Crippen molar-refractivity contribution in [1.29, 1.82) is 0 Å². The molecule has 0 fully saturated rings. The van der Waals surface area contributed by atoms with Gasteiger partial charge in [-0.3, -0.25) is 14.6 Å². The lowest BCUT2D eigenvalue weighted by atomic mass is 10.1. The fourth-order valence-electron chi connectivity index (χ4n) is 2.59. The summed E-state index contributed by atoms with van der Waals surface area (Å²) < 4.78 is 0. The van der Waals surface area contributed by atoms with Crippen LogP contribution in [0.25, 0.3) is 6.08 Å². The second-order valence-corrected chi connectivity index (χ2v) is 6.96. The maximum absolute atomic E-state index is 12.5. The van der Waals surface area contributed by atoms with Crippen LogP contribution in [-0.4, -0.2) is 16.8 Å². The van der Waals surface area contributed by atoms with Crippen molar-refractivity contribution >= 4 is 40.9 Å². The van der Waals surface area contributed by atoms with Gasteiger partial charge >= 0.3 is 0 Å². The predicted molar refractivity (Wildman–Crippen MR) is 117 cm³/mol. The van der Waals surface area contributed by atoms with E-state index >= 15 is 0 Å². The number of carbonyl (C=O) groups excluding carboxylic acids is 2. The Balaban J connectivity index is 1.70. The van der Waals surface area contributed by atoms with Gasteiger partial charge in [-0.05, 0) is 66.9 Å². The maximum atomic E-state index is 12.5. The zero-order valence-electron chi connectivity index (χ0n) is 16.1. The van der Waals surface area contributed by atoms with Gasteiger partial charge in [-0.1, -0.05) is 29.8 Å². The van der Waals surface area contributed by atoms with Crippen molar-refractivity contribution in [3.05, 3.63) is 94.3 Å². The molecule has 0 aliphatic carbocycles. The molecule has 0 saturated carbocycles. The van der Waals surface area contributed by atoms with Crippen LogP contribution < -0.4 is 10.6 Å². The van der Waals surface area contributed by atoms with E-state index in [9.17, 15) is 9.59 Å². The minimum absolute atomic E-state index is 0.272. The van der Waals surface area contributed by atoms with Gasteiger partial charge in [0.1, 0.15) is 0 Å². The van der Waals surface area contributed by atoms with E-state index in [-0.39, 0.29) is 11.8 Å². The summed E-state index contributed by atoms with van der Waals surface area (Å²) in [7, 11) is 0. The third-order valence-corrected chi connectivity index (χ3v) is 4.71. The first-order chi connectivity index (χ1) is 13.9. The second kappa shape index (κ2) is 9.17. The van der Waals surface area contributed by atoms with E-state index in [4.69, 9.17) is 11.6 Å². The van der Waals surface area contributed by atoms with Gasteiger partial charge in [-0.25, -0.2) is 0 Å². The summed E-state index contributed by atoms with van der Waals surface area (Å²) in [6.45, 7) is 3.76. The van der Waals surface area contributed by atoms with E-state index in [1.165, 1.54) is 6.08 Å². The summed E-state index contributed by atoms with van der Waals surface area (Å²) in [5.74, 6) is -0.546. The number of pyridine rings is 1. The van der Waals surface area contributed by atoms with Crippen LogP contribution in [0.2, 0.25) is 5.02 Å². The Morgan fingerprint density at radius 3 is 2.52 bits per heavy atom. The molecule has 0 saturated heterocycles. The molecule has 0 aliphatic heterocycles. The topological polar surface area (TPSA) is 71.1 Å². The van der Waals surface area contributed by atoms with Crippen LogP contribution in [0.15, 0.2) is 67.0 Å². The average molecular weight is 406 g/mol. The minimum atomic E-state index is -0.274. The highest BCUT2D eigenvalue weighted by Gasteiger charge is 2.10. The Labute approximate surface area is 174 Å². The quantitative estimate of drug-likeness (QED) is 0.569. The molecule has 0 unspecified atom stereocenters. The summed E-state index contributed by atoms with van der Waals surface area (Å²) in [4.78, 5) is 28.7. The molecule has 1 aromatic heterocycles. The molecule has 6 heteroatoms. The van der Waals surface area contributed by atoms with E-state index in [1.54, 1.807) is 54.9 Å². The largest absolute Gasteiger partial charge is 0.322 e. The van der Waals surface area contributed by atoms with Gasteiger partial charge in [-0.2, -0.15) is 0 Å². The first kappa shape index (κ1) is 20.3. The molecule has 0 atom stereocenters. The Morgan fingerprint density at radius 1 is 1.00 bits per heavy atom. The number of anilines is 2. The van der Waals surface area contributed by atoms with E-state index in [0.29, 0.717) is 22.0 Å². The van der Waals surface area contributed by atoms with Gasteiger partial charge in [0.15, 0.2) is 0 Å². The number of carbonyl (C=O) groups is 2. The number of hydrogen-bond donors (Lipinski definition) is 2. The van der Waals surface area contributed by atoms with Gasteiger partial charge in [0.05, 0.1) is 0 Å². The lowest BCUT2D eigenvalue weighted by Gasteiger charge is -2.11. The molecule has 2 N–H and O–H groups in total. The number of aromatic nitrogens is 1. The van der Waals surface area contributed by atoms with Crippen molar-refractivity contribution in [2.45, 2.75) is 13.8 Å². The summed E-state index contributed by atoms with van der Waals surface area (Å²) in [5, 5.41) is 6.20. The molecule has 5 nitrogen and oxygen atoms in total. The van der Waals surface area contributed by atoms with E-state index in [2.05, 4.69) is 15.6 Å². The van der Waals surface area contributed by atoms with Gasteiger partial charge in [0, 0.05) is 40.4 Å². The summed E-state index contributed by atoms with van der Waals surface area (Å²) in [6.07, 6.45) is 6.47. The number of aryl methyl sites for hydroxylation is 2. The van der Waals surface area contributed by atoms with E-state index in [1.807, 2.05) is 26.0 Å². The molecule has 0 radical (unpaired) electrons. The highest BCUT2D eigenvalue weighted by atomic mass is 35.5. The molecule has 29 heavy (non-hydrogen) atoms. The molecule has 0 spiro atoms. The molecule has 3 aromatic rings. The zero-order chi connectivity index (χ0) is 20.8. The minimum Gasteiger partial charge on any atom is -0.322 e. The molecule has 1 heterocycles. The Hall–Kier alpha value is -3.44. The first-order valence-electron chi connectivity index (χ1n) is 8.99. The standard InChI is InChI=1S/C23H20ClN3O2/c1-15-5-8-18(12-20(15)24)23(29)26-19-9-6-16(2)21(13-19)27-22(28)10-7-17-4-3-11-25-14-17/h3-14H,1-2H3,(H,26,29)(H,27,28). The number of rotatable bonds is 5. The predicted octanol–water partition coefficient (Wildman–Crippen LogP) is 5.26. The molecule has 2 aromatic carbocycles. The van der Waals surface area contributed by atoms with E-state index < -0.39 is 0 Å². The number of halogens is 1. The van der Waals surface area contributed by atoms with Crippen molar-refractivity contribution in [2.24, 2.45) is 0 Å². The van der Waals surface area contributed by atoms with Crippen LogP contribution in [0.3, 0.4) is 0 Å². The second-order valence-electron chi connectivity index (χ2n) is 6.56. The van der Waals surface area contributed by atoms with Crippen LogP contribution in [-0.2, 0) is 4.79 Å². The number of amides is 2. The fourth-order valence-corrected chi connectivity index (χ4v) is 2.77. The monoisotopic (exact) mass is 405 g/mol. The Morgan fingerprint density at radius 2 is 1.79 bits per heavy atom. The Kier molecular flexibility index (Phi) is 6.42. The summed E-state index contributed by atoms with van der Waals surface area (Å²) >= 11 is 6.10. The molecular weight excluding hydrogens is 386 g/mol. The molecule has 0 aliphatic rings. The van der Waals surface area contributed by atoms with Gasteiger partial charge in [0.25, 0.3) is 5.91 Å². The molecular formula is C23H20ClN3O2. The summed E-state index contributed by atoms with van der Waals surface area (Å²) in [6, 6.07) is 14.1. The molecule has 2 amide bonds. The van der Waals surface area contributed by atoms with Crippen LogP contribution in [0.1, 0.15) is 27.0 Å². The molecule has 3 rings (SSSR count). The highest BCUT2D eigenvalue weighted by molar-refractivity contribution is 6.31. The zero-order valence-corrected chi connectivity index (χ0v) is 16.8. The lowest BCUT2D eigenvalue weighted by molar-refractivity contribution is -0.111. The van der Waals surface area contributed by atoms with Crippen LogP contribution >= 0.6 is 11.6 Å². The third-order valence-electron chi connectivity index (χ3n) is 4.30. The van der Waals surface area contributed by atoms with Crippen molar-refractivity contribution in [2.75, 3.05) is 10.6 Å². The van der Waals surface area contributed by atoms with Gasteiger partial charge < -0.3 is 10.6 Å². The highest BCUT2D eigenvalue weighted by Crippen LogP contribution is 2.22. The fraction of sp³-hybridized carbons (Fsp3) is 0.0870. The van der Waals surface area contributed by atoms with E-state index in [0.717, 1.165) is 16.7 Å². The average Bonchev–Trinajstić information content (AvgIpc) is 2.71. The van der Waals surface area contributed by atoms with Crippen LogP contribution in [0.5, 0.6) is 0 Å². The number of nitrogens with one attached hydrogen (secondary N) is 2. The Bertz CT molecular complexity index is 1080. The molecule has 0 bridgehead atoms. The summed E-state index contributed by atoms with van der Waals surface area (Å²) in [5.41, 5.74) is 4.27. The van der Waals surface area contributed by atoms with Gasteiger partial charge in [0.2, 0.25) is 5.91 Å². The maximum Gasteiger partial charge on any atom is 0.255 e. The number of nitrogens with zero attached hydrogens (tertiary/aromatic N) is 1. The van der Waals surface area contributed by atoms with Crippen molar-refractivity contribution < 1.29 is 9.59 Å². The van der Waals surface area contributed by atoms with Crippen molar-refractivity contribution in [3.63, 3.8) is 0 Å². The van der Waals surface area contributed by atoms with Crippen LogP contribution in [0, 0.1) is 13.8 Å². The van der Waals surface area contributed by atoms with Gasteiger partial charge in [-0.15, -0.1) is 0 Å². The first-order valence-corrected chi connectivity index (χ1v) is 9.37. The van der Waals surface area contributed by atoms with Crippen LogP contribution in [0.4, 0.5) is 11.4 Å². The lowest BCUT2D eigenvalue weighted by Crippen LogP contribution is -2.13.